The molecule has 0 bridgehead atoms. The smallest absolute Gasteiger partial charge is 0.258 e. The highest BCUT2D eigenvalue weighted by atomic mass is 32.1. The van der Waals surface area contributed by atoms with Gasteiger partial charge < -0.3 is 19.2 Å². The van der Waals surface area contributed by atoms with Crippen molar-refractivity contribution in [2.24, 2.45) is 0 Å². The standard InChI is InChI=1S/C21H24N4O4S/c1-27-17-6-5-14(10-18(17)28-2)7-8-24-12-16-19(22-13-24)25(21(30)23-20(16)26)11-15-4-3-9-29-15/h3-6,9-10,22H,7-8,11-13H2,1-2H3,(H,23,26,30). The fourth-order valence-electron chi connectivity index (χ4n) is 3.62. The average molecular weight is 429 g/mol. The minimum atomic E-state index is -0.158. The topological polar surface area (TPSA) is 84.7 Å². The minimum Gasteiger partial charge on any atom is -0.493 e. The molecule has 2 N–H and O–H groups in total. The number of aromatic amines is 1. The summed E-state index contributed by atoms with van der Waals surface area (Å²) in [7, 11) is 3.25. The van der Waals surface area contributed by atoms with Crippen LogP contribution < -0.4 is 20.3 Å². The molecule has 0 amide bonds. The van der Waals surface area contributed by atoms with Crippen LogP contribution in [-0.2, 0) is 19.5 Å². The molecule has 158 valence electrons. The molecule has 30 heavy (non-hydrogen) atoms. The van der Waals surface area contributed by atoms with Crippen molar-refractivity contribution >= 4 is 18.0 Å². The van der Waals surface area contributed by atoms with Gasteiger partial charge >= 0.3 is 0 Å². The third-order valence-corrected chi connectivity index (χ3v) is 5.53. The fraction of sp³-hybridized carbons (Fsp3) is 0.333. The van der Waals surface area contributed by atoms with Crippen LogP contribution in [-0.4, -0.2) is 41.9 Å². The molecule has 4 rings (SSSR count). The summed E-state index contributed by atoms with van der Waals surface area (Å²) in [6.45, 7) is 2.41. The Morgan fingerprint density at radius 2 is 2.03 bits per heavy atom. The van der Waals surface area contributed by atoms with Gasteiger partial charge in [-0.15, -0.1) is 0 Å². The SMILES string of the molecule is COc1ccc(CCN2CNc3c(c(=O)[nH]c(=S)n3Cc3ccco3)C2)cc1OC. The normalized spacial score (nSPS) is 13.5. The molecule has 1 aliphatic rings. The number of nitrogens with one attached hydrogen (secondary N) is 2. The third kappa shape index (κ3) is 4.12. The van der Waals surface area contributed by atoms with E-state index in [2.05, 4.69) is 15.2 Å². The number of ether oxygens (including phenoxy) is 2. The van der Waals surface area contributed by atoms with E-state index in [1.54, 1.807) is 20.5 Å². The van der Waals surface area contributed by atoms with Crippen LogP contribution in [0.4, 0.5) is 5.82 Å². The Labute approximate surface area is 179 Å². The number of nitrogens with zero attached hydrogens (tertiary/aromatic N) is 2. The number of fused-ring (bicyclic) bond motifs is 1. The quantitative estimate of drug-likeness (QED) is 0.560. The molecular weight excluding hydrogens is 404 g/mol. The Morgan fingerprint density at radius 3 is 2.77 bits per heavy atom. The lowest BCUT2D eigenvalue weighted by Gasteiger charge is -2.31. The molecule has 0 radical (unpaired) electrons. The maximum Gasteiger partial charge on any atom is 0.258 e. The van der Waals surface area contributed by atoms with E-state index in [0.29, 0.717) is 41.6 Å². The highest BCUT2D eigenvalue weighted by molar-refractivity contribution is 7.71. The Hall–Kier alpha value is -3.04. The summed E-state index contributed by atoms with van der Waals surface area (Å²) < 4.78 is 18.4. The largest absolute Gasteiger partial charge is 0.493 e. The molecule has 9 heteroatoms. The van der Waals surface area contributed by atoms with Gasteiger partial charge in [0.2, 0.25) is 0 Å². The number of furan rings is 1. The zero-order valence-corrected chi connectivity index (χ0v) is 17.8. The summed E-state index contributed by atoms with van der Waals surface area (Å²) in [5.41, 5.74) is 1.66. The first-order valence-electron chi connectivity index (χ1n) is 9.64. The van der Waals surface area contributed by atoms with Gasteiger partial charge in [-0.05, 0) is 48.5 Å². The van der Waals surface area contributed by atoms with E-state index < -0.39 is 0 Å². The molecule has 8 nitrogen and oxygen atoms in total. The van der Waals surface area contributed by atoms with Gasteiger partial charge in [0.15, 0.2) is 16.3 Å². The highest BCUT2D eigenvalue weighted by Crippen LogP contribution is 2.28. The molecule has 3 aromatic rings. The highest BCUT2D eigenvalue weighted by Gasteiger charge is 2.22. The van der Waals surface area contributed by atoms with Gasteiger partial charge in [-0.3, -0.25) is 19.2 Å². The van der Waals surface area contributed by atoms with E-state index in [-0.39, 0.29) is 5.56 Å². The van der Waals surface area contributed by atoms with Crippen molar-refractivity contribution in [2.45, 2.75) is 19.5 Å². The van der Waals surface area contributed by atoms with Crippen LogP contribution in [0.15, 0.2) is 45.8 Å². The first kappa shape index (κ1) is 20.2. The minimum absolute atomic E-state index is 0.158. The fourth-order valence-corrected chi connectivity index (χ4v) is 3.87. The first-order chi connectivity index (χ1) is 14.6. The number of H-pyrrole nitrogens is 1. The van der Waals surface area contributed by atoms with E-state index >= 15 is 0 Å². The number of anilines is 1. The predicted molar refractivity (Wildman–Crippen MR) is 116 cm³/mol. The Morgan fingerprint density at radius 1 is 1.20 bits per heavy atom. The van der Waals surface area contributed by atoms with E-state index in [1.165, 1.54) is 0 Å². The van der Waals surface area contributed by atoms with Gasteiger partial charge in [0.05, 0.1) is 39.3 Å². The monoisotopic (exact) mass is 428 g/mol. The van der Waals surface area contributed by atoms with Crippen molar-refractivity contribution in [3.8, 4) is 11.5 Å². The second-order valence-corrected chi connectivity index (χ2v) is 7.47. The lowest BCUT2D eigenvalue weighted by molar-refractivity contribution is 0.274. The lowest BCUT2D eigenvalue weighted by atomic mass is 10.1. The maximum atomic E-state index is 12.6. The van der Waals surface area contributed by atoms with Crippen LogP contribution in [0.2, 0.25) is 0 Å². The number of hydrogen-bond donors (Lipinski definition) is 2. The molecule has 0 aliphatic carbocycles. The summed E-state index contributed by atoms with van der Waals surface area (Å²) in [6.07, 6.45) is 2.45. The van der Waals surface area contributed by atoms with Gasteiger partial charge in [-0.1, -0.05) is 6.07 Å². The maximum absolute atomic E-state index is 12.6. The molecule has 0 saturated heterocycles. The Bertz CT molecular complexity index is 1140. The van der Waals surface area contributed by atoms with Crippen molar-refractivity contribution in [3.63, 3.8) is 0 Å². The van der Waals surface area contributed by atoms with Crippen LogP contribution in [0.5, 0.6) is 11.5 Å². The van der Waals surface area contributed by atoms with Crippen molar-refractivity contribution in [2.75, 3.05) is 32.7 Å². The van der Waals surface area contributed by atoms with Crippen LogP contribution in [0, 0.1) is 4.77 Å². The second kappa shape index (κ2) is 8.76. The number of aromatic nitrogens is 2. The molecule has 1 aromatic carbocycles. The number of hydrogen-bond acceptors (Lipinski definition) is 7. The lowest BCUT2D eigenvalue weighted by Crippen LogP contribution is -2.40. The molecule has 0 spiro atoms. The number of methoxy groups -OCH3 is 2. The van der Waals surface area contributed by atoms with E-state index in [0.717, 1.165) is 30.1 Å². The summed E-state index contributed by atoms with van der Waals surface area (Å²) in [5, 5.41) is 3.37. The number of rotatable bonds is 7. The molecule has 0 saturated carbocycles. The second-order valence-electron chi connectivity index (χ2n) is 7.08. The zero-order chi connectivity index (χ0) is 21.1. The van der Waals surface area contributed by atoms with Crippen molar-refractivity contribution in [1.82, 2.24) is 14.5 Å². The van der Waals surface area contributed by atoms with E-state index in [9.17, 15) is 4.79 Å². The van der Waals surface area contributed by atoms with Gasteiger partial charge in [0.1, 0.15) is 11.6 Å². The molecule has 0 fully saturated rings. The molecule has 1 aliphatic heterocycles. The van der Waals surface area contributed by atoms with Crippen LogP contribution in [0.25, 0.3) is 0 Å². The molecule has 0 unspecified atom stereocenters. The van der Waals surface area contributed by atoms with Gasteiger partial charge in [-0.25, -0.2) is 0 Å². The van der Waals surface area contributed by atoms with Gasteiger partial charge in [0.25, 0.3) is 5.56 Å². The number of benzene rings is 1. The van der Waals surface area contributed by atoms with Gasteiger partial charge in [0, 0.05) is 13.1 Å². The van der Waals surface area contributed by atoms with Crippen LogP contribution in [0.1, 0.15) is 16.9 Å². The predicted octanol–water partition coefficient (Wildman–Crippen LogP) is 2.99. The van der Waals surface area contributed by atoms with Crippen molar-refractivity contribution in [1.29, 1.82) is 0 Å². The zero-order valence-electron chi connectivity index (χ0n) is 16.9. The average Bonchev–Trinajstić information content (AvgIpc) is 3.28. The van der Waals surface area contributed by atoms with Gasteiger partial charge in [-0.2, -0.15) is 0 Å². The molecular formula is C21H24N4O4S. The van der Waals surface area contributed by atoms with Crippen molar-refractivity contribution < 1.29 is 13.9 Å². The Balaban J connectivity index is 1.50. The van der Waals surface area contributed by atoms with E-state index in [4.69, 9.17) is 26.1 Å². The molecule has 3 heterocycles. The van der Waals surface area contributed by atoms with Crippen LogP contribution in [0.3, 0.4) is 0 Å². The summed E-state index contributed by atoms with van der Waals surface area (Å²) >= 11 is 5.38. The summed E-state index contributed by atoms with van der Waals surface area (Å²) in [5.74, 6) is 2.95. The van der Waals surface area contributed by atoms with E-state index in [1.807, 2.05) is 34.9 Å². The van der Waals surface area contributed by atoms with Crippen LogP contribution >= 0.6 is 12.2 Å². The summed E-state index contributed by atoms with van der Waals surface area (Å²) in [4.78, 5) is 17.5. The van der Waals surface area contributed by atoms with Crippen molar-refractivity contribution in [3.05, 3.63) is 68.6 Å². The first-order valence-corrected chi connectivity index (χ1v) is 10.1. The summed E-state index contributed by atoms with van der Waals surface area (Å²) in [6, 6.07) is 9.64. The third-order valence-electron chi connectivity index (χ3n) is 5.21. The Kier molecular flexibility index (Phi) is 5.91. The molecule has 0 atom stereocenters. The molecule has 2 aromatic heterocycles.